The van der Waals surface area contributed by atoms with E-state index in [9.17, 15) is 8.78 Å². The molecule has 0 spiro atoms. The summed E-state index contributed by atoms with van der Waals surface area (Å²) < 4.78 is 35.7. The van der Waals surface area contributed by atoms with Crippen molar-refractivity contribution in [2.24, 2.45) is 11.8 Å². The molecule has 5 fully saturated rings. The van der Waals surface area contributed by atoms with Gasteiger partial charge in [-0.1, -0.05) is 0 Å². The Balaban J connectivity index is 1.34. The van der Waals surface area contributed by atoms with Gasteiger partial charge in [-0.3, -0.25) is 4.90 Å². The van der Waals surface area contributed by atoms with Crippen LogP contribution in [0.2, 0.25) is 0 Å². The number of nitrogens with zero attached hydrogens (tertiary/aromatic N) is 4. The largest absolute Gasteiger partial charge is 0.431 e. The summed E-state index contributed by atoms with van der Waals surface area (Å²) in [5.41, 5.74) is 8.16. The van der Waals surface area contributed by atoms with Crippen molar-refractivity contribution in [1.29, 1.82) is 0 Å². The average Bonchev–Trinajstić information content (AvgIpc) is 3.61. The molecular weight excluding hydrogens is 428 g/mol. The van der Waals surface area contributed by atoms with Crippen molar-refractivity contribution in [1.82, 2.24) is 19.9 Å². The van der Waals surface area contributed by atoms with Gasteiger partial charge >= 0.3 is 6.61 Å². The maximum atomic E-state index is 12.8. The molecule has 0 amide bonds. The summed E-state index contributed by atoms with van der Waals surface area (Å²) >= 11 is 0. The van der Waals surface area contributed by atoms with Crippen LogP contribution in [0.15, 0.2) is 18.3 Å². The predicted molar refractivity (Wildman–Crippen MR) is 118 cm³/mol. The minimum absolute atomic E-state index is 0.0584. The van der Waals surface area contributed by atoms with Crippen molar-refractivity contribution < 1.29 is 18.3 Å². The molecule has 2 N–H and O–H groups in total. The van der Waals surface area contributed by atoms with Crippen molar-refractivity contribution in [2.45, 2.75) is 56.6 Å². The van der Waals surface area contributed by atoms with Gasteiger partial charge in [-0.25, -0.2) is 15.0 Å². The van der Waals surface area contributed by atoms with Gasteiger partial charge in [-0.15, -0.1) is 0 Å². The number of nitrogen functional groups attached to an aromatic ring is 1. The van der Waals surface area contributed by atoms with E-state index in [0.717, 1.165) is 57.1 Å². The first-order valence-corrected chi connectivity index (χ1v) is 11.9. The lowest BCUT2D eigenvalue weighted by Crippen LogP contribution is -2.50. The summed E-state index contributed by atoms with van der Waals surface area (Å²) in [7, 11) is 0. The summed E-state index contributed by atoms with van der Waals surface area (Å²) in [6.07, 6.45) is 7.38. The molecule has 3 aliphatic heterocycles. The smallest absolute Gasteiger partial charge is 0.387 e. The third-order valence-electron chi connectivity index (χ3n) is 7.68. The van der Waals surface area contributed by atoms with Crippen molar-refractivity contribution in [3.8, 4) is 17.0 Å². The Morgan fingerprint density at radius 2 is 1.94 bits per heavy atom. The normalized spacial score (nSPS) is 28.0. The van der Waals surface area contributed by atoms with Crippen LogP contribution in [-0.4, -0.2) is 58.8 Å². The zero-order valence-corrected chi connectivity index (χ0v) is 18.5. The van der Waals surface area contributed by atoms with Crippen molar-refractivity contribution in [3.63, 3.8) is 0 Å². The highest BCUT2D eigenvalue weighted by atomic mass is 19.3. The molecule has 176 valence electrons. The van der Waals surface area contributed by atoms with Gasteiger partial charge in [0.25, 0.3) is 0 Å². The second-order valence-corrected chi connectivity index (χ2v) is 9.99. The Morgan fingerprint density at radius 1 is 1.09 bits per heavy atom. The fraction of sp³-hybridized carbons (Fsp3) is 0.625. The standard InChI is InChI=1S/C24H29F2N5O2/c25-24(26)33-21-6-16(8-28-22(21)27)19-7-20(30-23(29-19)14-3-4-14)18-5-13-1-2-15(18)10-31(9-13)17-11-32-12-17/h6-8,13-15,17-18,24H,1-5,9-12H2,(H2,27,28). The van der Waals surface area contributed by atoms with Crippen LogP contribution in [-0.2, 0) is 4.74 Å². The molecule has 3 atom stereocenters. The van der Waals surface area contributed by atoms with Crippen LogP contribution in [0.3, 0.4) is 0 Å². The molecule has 5 aliphatic rings. The third-order valence-corrected chi connectivity index (χ3v) is 7.68. The molecule has 2 aromatic rings. The first-order chi connectivity index (χ1) is 16.0. The highest BCUT2D eigenvalue weighted by Gasteiger charge is 2.41. The number of rotatable bonds is 6. The van der Waals surface area contributed by atoms with Gasteiger partial charge in [0, 0.05) is 42.4 Å². The van der Waals surface area contributed by atoms with E-state index in [1.807, 2.05) is 6.07 Å². The lowest BCUT2D eigenvalue weighted by Gasteiger charge is -2.37. The first kappa shape index (κ1) is 21.2. The maximum absolute atomic E-state index is 12.8. The summed E-state index contributed by atoms with van der Waals surface area (Å²) in [5.74, 6) is 2.67. The van der Waals surface area contributed by atoms with Gasteiger partial charge < -0.3 is 15.2 Å². The Morgan fingerprint density at radius 3 is 2.67 bits per heavy atom. The maximum Gasteiger partial charge on any atom is 0.387 e. The second-order valence-electron chi connectivity index (χ2n) is 9.99. The van der Waals surface area contributed by atoms with Gasteiger partial charge in [0.2, 0.25) is 0 Å². The molecule has 2 aliphatic carbocycles. The third kappa shape index (κ3) is 4.28. The lowest BCUT2D eigenvalue weighted by atomic mass is 9.74. The number of halogens is 2. The van der Waals surface area contributed by atoms with Crippen LogP contribution in [0.4, 0.5) is 14.6 Å². The van der Waals surface area contributed by atoms with Gasteiger partial charge in [-0.05, 0) is 56.1 Å². The highest BCUT2D eigenvalue weighted by Crippen LogP contribution is 2.46. The predicted octanol–water partition coefficient (Wildman–Crippen LogP) is 3.81. The molecule has 9 heteroatoms. The van der Waals surface area contributed by atoms with Gasteiger partial charge in [0.05, 0.1) is 24.9 Å². The molecule has 7 nitrogen and oxygen atoms in total. The van der Waals surface area contributed by atoms with Crippen LogP contribution in [0.25, 0.3) is 11.3 Å². The van der Waals surface area contributed by atoms with Gasteiger partial charge in [0.1, 0.15) is 5.82 Å². The fourth-order valence-electron chi connectivity index (χ4n) is 5.64. The lowest BCUT2D eigenvalue weighted by molar-refractivity contribution is -0.0677. The highest BCUT2D eigenvalue weighted by molar-refractivity contribution is 5.64. The molecular formula is C24H29F2N5O2. The number of nitrogens with two attached hydrogens (primary N) is 1. The van der Waals surface area contributed by atoms with Crippen molar-refractivity contribution >= 4 is 5.82 Å². The van der Waals surface area contributed by atoms with Crippen LogP contribution in [0, 0.1) is 11.8 Å². The number of aromatic nitrogens is 3. The van der Waals surface area contributed by atoms with E-state index in [4.69, 9.17) is 20.4 Å². The van der Waals surface area contributed by atoms with E-state index in [1.165, 1.54) is 18.9 Å². The van der Waals surface area contributed by atoms with Crippen LogP contribution in [0.1, 0.15) is 55.5 Å². The monoisotopic (exact) mass is 457 g/mol. The Kier molecular flexibility index (Phi) is 5.41. The minimum atomic E-state index is -2.96. The quantitative estimate of drug-likeness (QED) is 0.706. The number of fused-ring (bicyclic) bond motifs is 4. The number of alkyl halides is 2. The van der Waals surface area contributed by atoms with E-state index in [2.05, 4.69) is 14.6 Å². The van der Waals surface area contributed by atoms with E-state index >= 15 is 0 Å². The molecule has 3 unspecified atom stereocenters. The molecule has 3 saturated heterocycles. The number of anilines is 1. The van der Waals surface area contributed by atoms with E-state index < -0.39 is 6.61 Å². The van der Waals surface area contributed by atoms with Crippen molar-refractivity contribution in [2.75, 3.05) is 32.0 Å². The van der Waals surface area contributed by atoms with E-state index in [-0.39, 0.29) is 11.6 Å². The number of hydrogen-bond acceptors (Lipinski definition) is 7. The topological polar surface area (TPSA) is 86.4 Å². The molecule has 7 rings (SSSR count). The fourth-order valence-corrected chi connectivity index (χ4v) is 5.64. The van der Waals surface area contributed by atoms with Crippen LogP contribution < -0.4 is 10.5 Å². The molecule has 33 heavy (non-hydrogen) atoms. The Bertz CT molecular complexity index is 1030. The second kappa shape index (κ2) is 8.43. The van der Waals surface area contributed by atoms with Crippen molar-refractivity contribution in [3.05, 3.63) is 29.8 Å². The molecule has 0 radical (unpaired) electrons. The van der Waals surface area contributed by atoms with Crippen LogP contribution in [0.5, 0.6) is 5.75 Å². The first-order valence-electron chi connectivity index (χ1n) is 11.9. The Labute approximate surface area is 191 Å². The SMILES string of the molecule is Nc1ncc(-c2cc(C3CC4CCC3CN(C3COC3)C4)nc(C3CC3)n2)cc1OC(F)F. The molecule has 2 bridgehead atoms. The number of hydrogen-bond donors (Lipinski definition) is 1. The summed E-state index contributed by atoms with van der Waals surface area (Å²) in [4.78, 5) is 16.6. The van der Waals surface area contributed by atoms with E-state index in [0.29, 0.717) is 41.0 Å². The summed E-state index contributed by atoms with van der Waals surface area (Å²) in [5, 5.41) is 0. The van der Waals surface area contributed by atoms with Gasteiger partial charge in [-0.2, -0.15) is 8.78 Å². The zero-order chi connectivity index (χ0) is 22.5. The molecule has 2 saturated carbocycles. The molecule has 5 heterocycles. The zero-order valence-electron chi connectivity index (χ0n) is 18.5. The number of ether oxygens (including phenoxy) is 2. The van der Waals surface area contributed by atoms with E-state index in [1.54, 1.807) is 6.20 Å². The minimum Gasteiger partial charge on any atom is -0.431 e. The summed E-state index contributed by atoms with van der Waals surface area (Å²) in [6, 6.07) is 4.10. The molecule has 2 aromatic heterocycles. The van der Waals surface area contributed by atoms with Crippen LogP contribution >= 0.6 is 0 Å². The van der Waals surface area contributed by atoms with Gasteiger partial charge in [0.15, 0.2) is 11.6 Å². The average molecular weight is 458 g/mol. The molecule has 0 aromatic carbocycles. The number of pyridine rings is 1. The summed E-state index contributed by atoms with van der Waals surface area (Å²) in [6.45, 7) is 0.966. The Hall–Kier alpha value is -2.39.